The molecule has 128 valence electrons. The highest BCUT2D eigenvalue weighted by molar-refractivity contribution is 5.91. The summed E-state index contributed by atoms with van der Waals surface area (Å²) in [7, 11) is 0. The number of hydrogen-bond acceptors (Lipinski definition) is 4. The monoisotopic (exact) mass is 327 g/mol. The highest BCUT2D eigenvalue weighted by atomic mass is 16.1. The highest BCUT2D eigenvalue weighted by Gasteiger charge is 2.26. The smallest absolute Gasteiger partial charge is 0.224 e. The van der Waals surface area contributed by atoms with E-state index in [1.54, 1.807) is 0 Å². The Labute approximate surface area is 142 Å². The van der Waals surface area contributed by atoms with Crippen LogP contribution in [0.3, 0.4) is 0 Å². The summed E-state index contributed by atoms with van der Waals surface area (Å²) in [4.78, 5) is 16.6. The van der Waals surface area contributed by atoms with Gasteiger partial charge in [-0.25, -0.2) is 9.67 Å². The SMILES string of the molecule is Cc1nc(C)n(Cc2cccc(NC(=O)C[C@@H]3CCC[C@H]3N)c2)n1. The molecule has 1 aromatic carbocycles. The zero-order chi connectivity index (χ0) is 17.1. The largest absolute Gasteiger partial charge is 0.327 e. The van der Waals surface area contributed by atoms with Crippen LogP contribution in [-0.4, -0.2) is 26.7 Å². The maximum absolute atomic E-state index is 12.2. The first-order chi connectivity index (χ1) is 11.5. The predicted molar refractivity (Wildman–Crippen MR) is 93.6 cm³/mol. The van der Waals surface area contributed by atoms with Crippen LogP contribution in [0.1, 0.15) is 42.9 Å². The second kappa shape index (κ2) is 7.13. The average molecular weight is 327 g/mol. The third-order valence-electron chi connectivity index (χ3n) is 4.67. The molecule has 1 fully saturated rings. The van der Waals surface area contributed by atoms with Crippen molar-refractivity contribution in [2.75, 3.05) is 5.32 Å². The van der Waals surface area contributed by atoms with Gasteiger partial charge in [0, 0.05) is 18.2 Å². The number of carbonyl (C=O) groups is 1. The number of aryl methyl sites for hydroxylation is 2. The molecule has 6 heteroatoms. The molecule has 1 saturated carbocycles. The number of hydrogen-bond donors (Lipinski definition) is 2. The standard InChI is InChI=1S/C18H25N5O/c1-12-20-13(2)23(22-12)11-14-5-3-7-16(9-14)21-18(24)10-15-6-4-8-17(15)19/h3,5,7,9,15,17H,4,6,8,10-11,19H2,1-2H3,(H,21,24)/t15-,17+/m0/s1. The van der Waals surface area contributed by atoms with Gasteiger partial charge in [0.25, 0.3) is 0 Å². The van der Waals surface area contributed by atoms with Crippen LogP contribution in [0.4, 0.5) is 5.69 Å². The van der Waals surface area contributed by atoms with E-state index in [0.29, 0.717) is 18.9 Å². The molecular weight excluding hydrogens is 302 g/mol. The molecule has 24 heavy (non-hydrogen) atoms. The second-order valence-electron chi connectivity index (χ2n) is 6.67. The molecule has 0 bridgehead atoms. The van der Waals surface area contributed by atoms with E-state index in [1.165, 1.54) is 0 Å². The Bertz CT molecular complexity index is 724. The normalized spacial score (nSPS) is 20.3. The zero-order valence-electron chi connectivity index (χ0n) is 14.3. The fourth-order valence-electron chi connectivity index (χ4n) is 3.40. The van der Waals surface area contributed by atoms with Crippen molar-refractivity contribution in [3.63, 3.8) is 0 Å². The van der Waals surface area contributed by atoms with Crippen LogP contribution in [0.5, 0.6) is 0 Å². The molecule has 3 N–H and O–H groups in total. The Balaban J connectivity index is 1.62. The van der Waals surface area contributed by atoms with Crippen molar-refractivity contribution < 1.29 is 4.79 Å². The number of rotatable bonds is 5. The molecule has 0 saturated heterocycles. The van der Waals surface area contributed by atoms with Crippen molar-refractivity contribution in [2.24, 2.45) is 11.7 Å². The Morgan fingerprint density at radius 1 is 1.38 bits per heavy atom. The molecule has 1 aromatic heterocycles. The molecule has 1 amide bonds. The minimum atomic E-state index is 0.0438. The molecule has 1 aliphatic carbocycles. The summed E-state index contributed by atoms with van der Waals surface area (Å²) >= 11 is 0. The van der Waals surface area contributed by atoms with E-state index in [2.05, 4.69) is 15.4 Å². The quantitative estimate of drug-likeness (QED) is 0.883. The van der Waals surface area contributed by atoms with Crippen LogP contribution in [-0.2, 0) is 11.3 Å². The molecule has 0 aliphatic heterocycles. The molecular formula is C18H25N5O. The van der Waals surface area contributed by atoms with E-state index in [9.17, 15) is 4.79 Å². The van der Waals surface area contributed by atoms with E-state index in [4.69, 9.17) is 5.73 Å². The first-order valence-electron chi connectivity index (χ1n) is 8.53. The van der Waals surface area contributed by atoms with Gasteiger partial charge in [-0.05, 0) is 50.3 Å². The minimum Gasteiger partial charge on any atom is -0.327 e. The Hall–Kier alpha value is -2.21. The summed E-state index contributed by atoms with van der Waals surface area (Å²) in [6.07, 6.45) is 3.72. The van der Waals surface area contributed by atoms with Gasteiger partial charge in [0.1, 0.15) is 11.6 Å². The molecule has 0 spiro atoms. The summed E-state index contributed by atoms with van der Waals surface area (Å²) in [5.74, 6) is 2.01. The van der Waals surface area contributed by atoms with E-state index < -0.39 is 0 Å². The van der Waals surface area contributed by atoms with Crippen LogP contribution >= 0.6 is 0 Å². The van der Waals surface area contributed by atoms with Gasteiger partial charge in [-0.3, -0.25) is 4.79 Å². The van der Waals surface area contributed by atoms with Crippen molar-refractivity contribution in [1.82, 2.24) is 14.8 Å². The van der Waals surface area contributed by atoms with Gasteiger partial charge in [0.15, 0.2) is 0 Å². The lowest BCUT2D eigenvalue weighted by Gasteiger charge is -2.15. The van der Waals surface area contributed by atoms with Crippen molar-refractivity contribution in [3.05, 3.63) is 41.5 Å². The topological polar surface area (TPSA) is 85.8 Å². The fraction of sp³-hybridized carbons (Fsp3) is 0.500. The molecule has 3 rings (SSSR count). The van der Waals surface area contributed by atoms with E-state index in [1.807, 2.05) is 42.8 Å². The van der Waals surface area contributed by atoms with Crippen molar-refractivity contribution in [1.29, 1.82) is 0 Å². The summed E-state index contributed by atoms with van der Waals surface area (Å²) in [5.41, 5.74) is 7.95. The van der Waals surface area contributed by atoms with Crippen molar-refractivity contribution >= 4 is 11.6 Å². The number of aromatic nitrogens is 3. The van der Waals surface area contributed by atoms with Gasteiger partial charge in [-0.1, -0.05) is 18.6 Å². The fourth-order valence-corrected chi connectivity index (χ4v) is 3.40. The Kier molecular flexibility index (Phi) is 4.94. The van der Waals surface area contributed by atoms with Gasteiger partial charge in [0.05, 0.1) is 6.54 Å². The lowest BCUT2D eigenvalue weighted by molar-refractivity contribution is -0.117. The van der Waals surface area contributed by atoms with Gasteiger partial charge in [0.2, 0.25) is 5.91 Å². The molecule has 0 radical (unpaired) electrons. The van der Waals surface area contributed by atoms with Crippen molar-refractivity contribution in [3.8, 4) is 0 Å². The first kappa shape index (κ1) is 16.6. The van der Waals surface area contributed by atoms with Crippen LogP contribution in [0, 0.1) is 19.8 Å². The van der Waals surface area contributed by atoms with Gasteiger partial charge < -0.3 is 11.1 Å². The summed E-state index contributed by atoms with van der Waals surface area (Å²) in [6, 6.07) is 8.04. The Morgan fingerprint density at radius 2 is 2.21 bits per heavy atom. The zero-order valence-corrected chi connectivity index (χ0v) is 14.3. The maximum Gasteiger partial charge on any atom is 0.224 e. The van der Waals surface area contributed by atoms with Crippen LogP contribution < -0.4 is 11.1 Å². The van der Waals surface area contributed by atoms with Crippen LogP contribution in [0.15, 0.2) is 24.3 Å². The second-order valence-corrected chi connectivity index (χ2v) is 6.67. The number of nitrogens with zero attached hydrogens (tertiary/aromatic N) is 3. The Morgan fingerprint density at radius 3 is 2.88 bits per heavy atom. The highest BCUT2D eigenvalue weighted by Crippen LogP contribution is 2.27. The van der Waals surface area contributed by atoms with Gasteiger partial charge >= 0.3 is 0 Å². The van der Waals surface area contributed by atoms with E-state index in [-0.39, 0.29) is 11.9 Å². The van der Waals surface area contributed by atoms with Crippen molar-refractivity contribution in [2.45, 2.75) is 52.1 Å². The molecule has 2 atom stereocenters. The number of nitrogens with two attached hydrogens (primary N) is 1. The summed E-state index contributed by atoms with van der Waals surface area (Å²) in [6.45, 7) is 4.47. The lowest BCUT2D eigenvalue weighted by Crippen LogP contribution is -2.28. The number of anilines is 1. The third-order valence-corrected chi connectivity index (χ3v) is 4.67. The molecule has 6 nitrogen and oxygen atoms in total. The first-order valence-corrected chi connectivity index (χ1v) is 8.53. The number of nitrogens with one attached hydrogen (secondary N) is 1. The van der Waals surface area contributed by atoms with E-state index in [0.717, 1.165) is 42.2 Å². The summed E-state index contributed by atoms with van der Waals surface area (Å²) in [5, 5.41) is 7.37. The van der Waals surface area contributed by atoms with Crippen LogP contribution in [0.25, 0.3) is 0 Å². The molecule has 2 aromatic rings. The van der Waals surface area contributed by atoms with Gasteiger partial charge in [-0.15, -0.1) is 0 Å². The van der Waals surface area contributed by atoms with Gasteiger partial charge in [-0.2, -0.15) is 5.10 Å². The lowest BCUT2D eigenvalue weighted by atomic mass is 10.00. The number of amides is 1. The van der Waals surface area contributed by atoms with Crippen LogP contribution in [0.2, 0.25) is 0 Å². The third kappa shape index (κ3) is 4.00. The predicted octanol–water partition coefficient (Wildman–Crippen LogP) is 2.40. The number of benzene rings is 1. The molecule has 1 heterocycles. The molecule has 0 unspecified atom stereocenters. The average Bonchev–Trinajstić information content (AvgIpc) is 3.05. The summed E-state index contributed by atoms with van der Waals surface area (Å²) < 4.78 is 1.87. The minimum absolute atomic E-state index is 0.0438. The molecule has 1 aliphatic rings. The number of carbonyl (C=O) groups excluding carboxylic acids is 1. The van der Waals surface area contributed by atoms with E-state index >= 15 is 0 Å². The maximum atomic E-state index is 12.2.